The van der Waals surface area contributed by atoms with Crippen LogP contribution in [0, 0.1) is 15.9 Å². The first kappa shape index (κ1) is 21.8. The van der Waals surface area contributed by atoms with Crippen LogP contribution in [0.4, 0.5) is 10.1 Å². The number of hydrogen-bond donors (Lipinski definition) is 1. The molecule has 0 aromatic heterocycles. The van der Waals surface area contributed by atoms with E-state index >= 15 is 0 Å². The first-order valence-electron chi connectivity index (χ1n) is 8.86. The zero-order chi connectivity index (χ0) is 21.4. The van der Waals surface area contributed by atoms with Gasteiger partial charge in [0.1, 0.15) is 11.6 Å². The highest BCUT2D eigenvalue weighted by molar-refractivity contribution is 5.79. The largest absolute Gasteiger partial charge is 0.484 e. The average molecular weight is 404 g/mol. The molecule has 0 heterocycles. The third-order valence-electron chi connectivity index (χ3n) is 3.77. The summed E-state index contributed by atoms with van der Waals surface area (Å²) in [5, 5.41) is 13.9. The quantitative estimate of drug-likeness (QED) is 0.390. The highest BCUT2D eigenvalue weighted by Crippen LogP contribution is 2.27. The van der Waals surface area contributed by atoms with Gasteiger partial charge >= 0.3 is 5.97 Å². The van der Waals surface area contributed by atoms with Gasteiger partial charge < -0.3 is 14.8 Å². The second-order valence-corrected chi connectivity index (χ2v) is 6.42. The van der Waals surface area contributed by atoms with Crippen molar-refractivity contribution in [3.05, 3.63) is 70.0 Å². The molecule has 0 radical (unpaired) electrons. The predicted molar refractivity (Wildman–Crippen MR) is 102 cm³/mol. The third kappa shape index (κ3) is 6.87. The Kier molecular flexibility index (Phi) is 7.64. The summed E-state index contributed by atoms with van der Waals surface area (Å²) in [5.74, 6) is -1.37. The summed E-state index contributed by atoms with van der Waals surface area (Å²) in [7, 11) is 0. The van der Waals surface area contributed by atoms with Crippen molar-refractivity contribution in [3.8, 4) is 5.75 Å². The zero-order valence-electron chi connectivity index (χ0n) is 16.0. The number of nitrogens with one attached hydrogen (secondary N) is 1. The predicted octanol–water partition coefficient (Wildman–Crippen LogP) is 3.31. The molecule has 0 aliphatic rings. The summed E-state index contributed by atoms with van der Waals surface area (Å²) in [6.07, 6.45) is -0.655. The van der Waals surface area contributed by atoms with Crippen LogP contribution < -0.4 is 10.1 Å². The number of hydrogen-bond acceptors (Lipinski definition) is 6. The highest BCUT2D eigenvalue weighted by Gasteiger charge is 2.26. The maximum absolute atomic E-state index is 12.9. The van der Waals surface area contributed by atoms with Gasteiger partial charge in [-0.3, -0.25) is 19.7 Å². The lowest BCUT2D eigenvalue weighted by Crippen LogP contribution is -2.34. The summed E-state index contributed by atoms with van der Waals surface area (Å²) >= 11 is 0. The molecule has 2 aromatic rings. The number of amides is 1. The molecule has 2 rings (SSSR count). The van der Waals surface area contributed by atoms with Gasteiger partial charge in [-0.1, -0.05) is 18.2 Å². The number of esters is 1. The van der Waals surface area contributed by atoms with Gasteiger partial charge in [-0.25, -0.2) is 4.39 Å². The molecule has 8 nitrogen and oxygen atoms in total. The van der Waals surface area contributed by atoms with Crippen molar-refractivity contribution in [3.63, 3.8) is 0 Å². The maximum atomic E-state index is 12.9. The number of rotatable bonds is 9. The van der Waals surface area contributed by atoms with Crippen molar-refractivity contribution >= 4 is 17.6 Å². The van der Waals surface area contributed by atoms with E-state index in [1.54, 1.807) is 19.9 Å². The number of nitro benzene ring substituents is 1. The first-order chi connectivity index (χ1) is 13.8. The first-order valence-corrected chi connectivity index (χ1v) is 8.86. The molecule has 0 bridgehead atoms. The summed E-state index contributed by atoms with van der Waals surface area (Å²) in [5.41, 5.74) is -0.0528. The Morgan fingerprint density at radius 3 is 2.41 bits per heavy atom. The van der Waals surface area contributed by atoms with Crippen LogP contribution in [-0.4, -0.2) is 29.5 Å². The van der Waals surface area contributed by atoms with E-state index in [-0.39, 0.29) is 29.5 Å². The second-order valence-electron chi connectivity index (χ2n) is 6.42. The number of para-hydroxylation sites is 1. The van der Waals surface area contributed by atoms with Gasteiger partial charge in [-0.05, 0) is 38.1 Å². The number of nitro groups is 1. The van der Waals surface area contributed by atoms with Gasteiger partial charge in [-0.2, -0.15) is 0 Å². The Morgan fingerprint density at radius 2 is 1.79 bits per heavy atom. The molecule has 0 aliphatic heterocycles. The Morgan fingerprint density at radius 1 is 1.14 bits per heavy atom. The van der Waals surface area contributed by atoms with Crippen LogP contribution in [0.5, 0.6) is 5.75 Å². The molecule has 1 N–H and O–H groups in total. The molecular weight excluding hydrogens is 383 g/mol. The van der Waals surface area contributed by atoms with Crippen LogP contribution >= 0.6 is 0 Å². The molecule has 9 heteroatoms. The van der Waals surface area contributed by atoms with E-state index in [1.165, 1.54) is 42.5 Å². The fraction of sp³-hybridized carbons (Fsp3) is 0.300. The molecule has 0 saturated heterocycles. The molecule has 1 unspecified atom stereocenters. The van der Waals surface area contributed by atoms with E-state index in [1.807, 2.05) is 0 Å². The number of carbonyl (C=O) groups excluding carboxylic acids is 2. The van der Waals surface area contributed by atoms with Crippen molar-refractivity contribution in [2.75, 3.05) is 6.61 Å². The van der Waals surface area contributed by atoms with Gasteiger partial charge in [0, 0.05) is 6.07 Å². The Balaban J connectivity index is 2.14. The minimum atomic E-state index is -0.979. The lowest BCUT2D eigenvalue weighted by Gasteiger charge is -2.19. The zero-order valence-corrected chi connectivity index (χ0v) is 16.0. The van der Waals surface area contributed by atoms with Crippen LogP contribution in [0.3, 0.4) is 0 Å². The van der Waals surface area contributed by atoms with E-state index in [0.717, 1.165) is 0 Å². The van der Waals surface area contributed by atoms with E-state index in [2.05, 4.69) is 5.32 Å². The molecule has 1 amide bonds. The monoisotopic (exact) mass is 404 g/mol. The maximum Gasteiger partial charge on any atom is 0.308 e. The van der Waals surface area contributed by atoms with Crippen molar-refractivity contribution in [1.82, 2.24) is 5.32 Å². The minimum absolute atomic E-state index is 0.174. The molecule has 154 valence electrons. The molecule has 1 atom stereocenters. The summed E-state index contributed by atoms with van der Waals surface area (Å²) in [4.78, 5) is 35.2. The number of ether oxygens (including phenoxy) is 2. The van der Waals surface area contributed by atoms with Crippen LogP contribution in [0.15, 0.2) is 48.5 Å². The van der Waals surface area contributed by atoms with Gasteiger partial charge in [-0.15, -0.1) is 0 Å². The van der Waals surface area contributed by atoms with Gasteiger partial charge in [0.05, 0.1) is 29.1 Å². The summed E-state index contributed by atoms with van der Waals surface area (Å²) in [6, 6.07) is 9.94. The number of benzene rings is 2. The lowest BCUT2D eigenvalue weighted by atomic mass is 10.0. The topological polar surface area (TPSA) is 108 Å². The molecule has 0 aliphatic carbocycles. The van der Waals surface area contributed by atoms with Gasteiger partial charge in [0.2, 0.25) is 0 Å². The van der Waals surface area contributed by atoms with Crippen LogP contribution in [0.25, 0.3) is 0 Å². The number of carbonyl (C=O) groups is 2. The van der Waals surface area contributed by atoms with Gasteiger partial charge in [0.15, 0.2) is 6.61 Å². The number of halogens is 1. The Labute approximate surface area is 166 Å². The molecule has 0 fully saturated rings. The smallest absolute Gasteiger partial charge is 0.308 e. The van der Waals surface area contributed by atoms with Crippen LogP contribution in [-0.2, 0) is 14.3 Å². The van der Waals surface area contributed by atoms with Crippen LogP contribution in [0.1, 0.15) is 31.9 Å². The molecule has 0 spiro atoms. The highest BCUT2D eigenvalue weighted by atomic mass is 19.1. The second kappa shape index (κ2) is 10.2. The molecule has 29 heavy (non-hydrogen) atoms. The Hall–Kier alpha value is -3.49. The molecular formula is C20H21FN2O6. The minimum Gasteiger partial charge on any atom is -0.484 e. The summed E-state index contributed by atoms with van der Waals surface area (Å²) < 4.78 is 23.3. The van der Waals surface area contributed by atoms with E-state index in [9.17, 15) is 24.1 Å². The molecule has 0 saturated carbocycles. The summed E-state index contributed by atoms with van der Waals surface area (Å²) in [6.45, 7) is 2.93. The fourth-order valence-electron chi connectivity index (χ4n) is 2.58. The third-order valence-corrected chi connectivity index (χ3v) is 3.77. The SMILES string of the molecule is CC(C)OC(=O)CC(NC(=O)COc1ccc(F)cc1)c1ccccc1[N+](=O)[O-]. The van der Waals surface area contributed by atoms with Crippen molar-refractivity contribution in [2.45, 2.75) is 32.4 Å². The van der Waals surface area contributed by atoms with Crippen molar-refractivity contribution in [2.24, 2.45) is 0 Å². The molecule has 2 aromatic carbocycles. The van der Waals surface area contributed by atoms with Crippen molar-refractivity contribution < 1.29 is 28.4 Å². The average Bonchev–Trinajstić information content (AvgIpc) is 2.66. The van der Waals surface area contributed by atoms with E-state index in [0.29, 0.717) is 0 Å². The normalized spacial score (nSPS) is 11.6. The van der Waals surface area contributed by atoms with Crippen molar-refractivity contribution in [1.29, 1.82) is 0 Å². The Bertz CT molecular complexity index is 870. The number of nitrogens with zero attached hydrogens (tertiary/aromatic N) is 1. The van der Waals surface area contributed by atoms with Gasteiger partial charge in [0.25, 0.3) is 11.6 Å². The van der Waals surface area contributed by atoms with Crippen LogP contribution in [0.2, 0.25) is 0 Å². The van der Waals surface area contributed by atoms with E-state index in [4.69, 9.17) is 9.47 Å². The lowest BCUT2D eigenvalue weighted by molar-refractivity contribution is -0.385. The standard InChI is InChI=1S/C20H21FN2O6/c1-13(2)29-20(25)11-17(16-5-3-4-6-18(16)23(26)27)22-19(24)12-28-15-9-7-14(21)8-10-15/h3-10,13,17H,11-12H2,1-2H3,(H,22,24). The fourth-order valence-corrected chi connectivity index (χ4v) is 2.58. The van der Waals surface area contributed by atoms with E-state index < -0.39 is 35.3 Å².